The van der Waals surface area contributed by atoms with Gasteiger partial charge in [-0.1, -0.05) is 22.0 Å². The van der Waals surface area contributed by atoms with E-state index in [0.29, 0.717) is 4.47 Å². The van der Waals surface area contributed by atoms with Crippen LogP contribution < -0.4 is 11.1 Å². The molecule has 1 aromatic carbocycles. The average molecular weight is 429 g/mol. The molecule has 142 valence electrons. The molecule has 0 saturated carbocycles. The van der Waals surface area contributed by atoms with E-state index in [1.807, 2.05) is 0 Å². The van der Waals surface area contributed by atoms with Crippen LogP contribution >= 0.6 is 15.9 Å². The van der Waals surface area contributed by atoms with Crippen LogP contribution in [0.2, 0.25) is 0 Å². The third-order valence-corrected chi connectivity index (χ3v) is 3.86. The summed E-state index contributed by atoms with van der Waals surface area (Å²) >= 11 is 3.24. The first-order chi connectivity index (χ1) is 12.3. The molecule has 2 atom stereocenters. The van der Waals surface area contributed by atoms with E-state index in [2.05, 4.69) is 21.2 Å². The molecule has 3 N–H and O–H groups in total. The zero-order chi connectivity index (χ0) is 19.7. The fourth-order valence-corrected chi connectivity index (χ4v) is 2.61. The SMILES string of the molecule is CCOC(=O)C[C@H](C(=O)OCC)[C@@H](NC(=O)c1cccc(Br)c1)C(N)=O. The number of ether oxygens (including phenoxy) is 2. The van der Waals surface area contributed by atoms with Gasteiger partial charge in [0.05, 0.1) is 25.6 Å². The Labute approximate surface area is 159 Å². The number of nitrogens with one attached hydrogen (secondary N) is 1. The number of nitrogens with two attached hydrogens (primary N) is 1. The van der Waals surface area contributed by atoms with Gasteiger partial charge in [-0.15, -0.1) is 0 Å². The highest BCUT2D eigenvalue weighted by atomic mass is 79.9. The van der Waals surface area contributed by atoms with Gasteiger partial charge >= 0.3 is 11.9 Å². The fraction of sp³-hybridized carbons (Fsp3) is 0.412. The van der Waals surface area contributed by atoms with Crippen LogP contribution in [0, 0.1) is 5.92 Å². The molecular formula is C17H21BrN2O6. The summed E-state index contributed by atoms with van der Waals surface area (Å²) in [6, 6.07) is 5.01. The van der Waals surface area contributed by atoms with Gasteiger partial charge in [-0.2, -0.15) is 0 Å². The summed E-state index contributed by atoms with van der Waals surface area (Å²) in [5.74, 6) is -4.39. The molecule has 0 aliphatic rings. The Morgan fingerprint density at radius 3 is 2.35 bits per heavy atom. The van der Waals surface area contributed by atoms with Crippen LogP contribution in [0.15, 0.2) is 28.7 Å². The van der Waals surface area contributed by atoms with E-state index in [-0.39, 0.29) is 18.8 Å². The van der Waals surface area contributed by atoms with Gasteiger partial charge in [0, 0.05) is 10.0 Å². The second kappa shape index (κ2) is 10.5. The predicted molar refractivity (Wildman–Crippen MR) is 96.0 cm³/mol. The number of benzene rings is 1. The number of carbonyl (C=O) groups excluding carboxylic acids is 4. The van der Waals surface area contributed by atoms with Crippen LogP contribution in [0.25, 0.3) is 0 Å². The van der Waals surface area contributed by atoms with Gasteiger partial charge in [-0.25, -0.2) is 0 Å². The number of carbonyl (C=O) groups is 4. The lowest BCUT2D eigenvalue weighted by Gasteiger charge is -2.23. The summed E-state index contributed by atoms with van der Waals surface area (Å²) in [5, 5.41) is 2.40. The van der Waals surface area contributed by atoms with Crippen LogP contribution in [0.3, 0.4) is 0 Å². The van der Waals surface area contributed by atoms with E-state index in [1.165, 1.54) is 12.1 Å². The van der Waals surface area contributed by atoms with Gasteiger partial charge in [-0.05, 0) is 32.0 Å². The number of hydrogen-bond donors (Lipinski definition) is 2. The number of hydrogen-bond acceptors (Lipinski definition) is 6. The fourth-order valence-electron chi connectivity index (χ4n) is 2.21. The average Bonchev–Trinajstić information content (AvgIpc) is 2.58. The quantitative estimate of drug-likeness (QED) is 0.568. The molecule has 0 heterocycles. The molecule has 1 aromatic rings. The molecule has 9 heteroatoms. The smallest absolute Gasteiger partial charge is 0.312 e. The van der Waals surface area contributed by atoms with Crippen LogP contribution in [0.1, 0.15) is 30.6 Å². The molecule has 0 radical (unpaired) electrons. The van der Waals surface area contributed by atoms with Gasteiger partial charge in [-0.3, -0.25) is 19.2 Å². The topological polar surface area (TPSA) is 125 Å². The third-order valence-electron chi connectivity index (χ3n) is 3.36. The number of esters is 2. The van der Waals surface area contributed by atoms with Crippen LogP contribution in [0.4, 0.5) is 0 Å². The highest BCUT2D eigenvalue weighted by Crippen LogP contribution is 2.16. The maximum Gasteiger partial charge on any atom is 0.312 e. The van der Waals surface area contributed by atoms with Crippen molar-refractivity contribution in [3.63, 3.8) is 0 Å². The molecule has 0 unspecified atom stereocenters. The molecule has 26 heavy (non-hydrogen) atoms. The lowest BCUT2D eigenvalue weighted by Crippen LogP contribution is -2.52. The zero-order valence-corrected chi connectivity index (χ0v) is 16.1. The standard InChI is InChI=1S/C17H21BrN2O6/c1-3-25-13(21)9-12(17(24)26-4-2)14(15(19)22)20-16(23)10-6-5-7-11(18)8-10/h5-8,12,14H,3-4,9H2,1-2H3,(H2,19,22)(H,20,23)/t12-,14+/m0/s1. The Hall–Kier alpha value is -2.42. The van der Waals surface area contributed by atoms with Gasteiger partial charge in [0.2, 0.25) is 5.91 Å². The predicted octanol–water partition coefficient (Wildman–Crippen LogP) is 1.17. The van der Waals surface area contributed by atoms with Crippen molar-refractivity contribution in [2.75, 3.05) is 13.2 Å². The first-order valence-electron chi connectivity index (χ1n) is 7.98. The monoisotopic (exact) mass is 428 g/mol. The van der Waals surface area contributed by atoms with Gasteiger partial charge in [0.25, 0.3) is 5.91 Å². The van der Waals surface area contributed by atoms with E-state index in [4.69, 9.17) is 15.2 Å². The number of halogens is 1. The minimum Gasteiger partial charge on any atom is -0.466 e. The zero-order valence-electron chi connectivity index (χ0n) is 14.5. The Morgan fingerprint density at radius 2 is 1.81 bits per heavy atom. The summed E-state index contributed by atoms with van der Waals surface area (Å²) < 4.78 is 10.4. The lowest BCUT2D eigenvalue weighted by molar-refractivity contribution is -0.156. The Morgan fingerprint density at radius 1 is 1.15 bits per heavy atom. The first kappa shape index (κ1) is 21.6. The third kappa shape index (κ3) is 6.47. The van der Waals surface area contributed by atoms with Crippen molar-refractivity contribution in [3.05, 3.63) is 34.3 Å². The number of amides is 2. The van der Waals surface area contributed by atoms with Gasteiger partial charge < -0.3 is 20.5 Å². The molecule has 0 aliphatic heterocycles. The minimum absolute atomic E-state index is 0.0449. The molecule has 0 bridgehead atoms. The van der Waals surface area contributed by atoms with Crippen molar-refractivity contribution in [1.29, 1.82) is 0 Å². The first-order valence-corrected chi connectivity index (χ1v) is 8.77. The largest absolute Gasteiger partial charge is 0.466 e. The Balaban J connectivity index is 3.06. The molecule has 0 saturated heterocycles. The summed E-state index contributed by atoms with van der Waals surface area (Å²) in [5.41, 5.74) is 5.61. The van der Waals surface area contributed by atoms with Crippen molar-refractivity contribution in [3.8, 4) is 0 Å². The molecule has 8 nitrogen and oxygen atoms in total. The highest BCUT2D eigenvalue weighted by Gasteiger charge is 2.37. The molecule has 0 fully saturated rings. The van der Waals surface area contributed by atoms with Crippen LogP contribution in [-0.2, 0) is 23.9 Å². The van der Waals surface area contributed by atoms with Crippen LogP contribution in [-0.4, -0.2) is 43.0 Å². The molecule has 0 aliphatic carbocycles. The Kier molecular flexibility index (Phi) is 8.77. The normalized spacial score (nSPS) is 12.6. The maximum atomic E-state index is 12.4. The summed E-state index contributed by atoms with van der Waals surface area (Å²) in [6.07, 6.45) is -0.445. The van der Waals surface area contributed by atoms with E-state index in [9.17, 15) is 19.2 Å². The molecular weight excluding hydrogens is 408 g/mol. The van der Waals surface area contributed by atoms with E-state index in [1.54, 1.807) is 26.0 Å². The van der Waals surface area contributed by atoms with E-state index >= 15 is 0 Å². The second-order valence-corrected chi connectivity index (χ2v) is 6.15. The molecule has 0 spiro atoms. The van der Waals surface area contributed by atoms with Crippen LogP contribution in [0.5, 0.6) is 0 Å². The van der Waals surface area contributed by atoms with Crippen molar-refractivity contribution in [2.45, 2.75) is 26.3 Å². The summed E-state index contributed by atoms with van der Waals surface area (Å²) in [6.45, 7) is 3.35. The van der Waals surface area contributed by atoms with Crippen molar-refractivity contribution in [1.82, 2.24) is 5.32 Å². The van der Waals surface area contributed by atoms with E-state index < -0.39 is 42.1 Å². The second-order valence-electron chi connectivity index (χ2n) is 5.23. The number of primary amides is 1. The summed E-state index contributed by atoms with van der Waals surface area (Å²) in [7, 11) is 0. The van der Waals surface area contributed by atoms with Crippen molar-refractivity contribution in [2.24, 2.45) is 11.7 Å². The Bertz CT molecular complexity index is 679. The summed E-state index contributed by atoms with van der Waals surface area (Å²) in [4.78, 5) is 48.3. The van der Waals surface area contributed by atoms with E-state index in [0.717, 1.165) is 0 Å². The molecule has 0 aromatic heterocycles. The highest BCUT2D eigenvalue weighted by molar-refractivity contribution is 9.10. The van der Waals surface area contributed by atoms with Crippen molar-refractivity contribution >= 4 is 39.7 Å². The number of rotatable bonds is 9. The van der Waals surface area contributed by atoms with Gasteiger partial charge in [0.15, 0.2) is 0 Å². The molecule has 2 amide bonds. The van der Waals surface area contributed by atoms with Gasteiger partial charge in [0.1, 0.15) is 6.04 Å². The maximum absolute atomic E-state index is 12.4. The lowest BCUT2D eigenvalue weighted by atomic mass is 9.95. The minimum atomic E-state index is -1.43. The molecule has 1 rings (SSSR count). The van der Waals surface area contributed by atoms with Crippen molar-refractivity contribution < 1.29 is 28.7 Å².